The molecule has 0 spiro atoms. The molecule has 1 N–H and O–H groups in total. The molecule has 0 aliphatic rings. The van der Waals surface area contributed by atoms with Crippen molar-refractivity contribution in [3.63, 3.8) is 0 Å². The third kappa shape index (κ3) is 5.37. The maximum atomic E-state index is 5.92. The van der Waals surface area contributed by atoms with Gasteiger partial charge in [0, 0.05) is 6.54 Å². The first kappa shape index (κ1) is 17.5. The summed E-state index contributed by atoms with van der Waals surface area (Å²) in [4.78, 5) is 0. The van der Waals surface area contributed by atoms with Crippen LogP contribution in [-0.2, 0) is 0 Å². The Bertz CT molecular complexity index is 407. The summed E-state index contributed by atoms with van der Waals surface area (Å²) in [7, 11) is 0. The van der Waals surface area contributed by atoms with Gasteiger partial charge in [-0.25, -0.2) is 0 Å². The summed E-state index contributed by atoms with van der Waals surface area (Å²) in [5.41, 5.74) is 0.959. The van der Waals surface area contributed by atoms with Crippen molar-refractivity contribution in [2.45, 2.75) is 47.0 Å². The van der Waals surface area contributed by atoms with E-state index in [0.717, 1.165) is 48.7 Å². The Morgan fingerprint density at radius 2 is 1.33 bits per heavy atom. The molecule has 1 rings (SSSR count). The van der Waals surface area contributed by atoms with Crippen LogP contribution in [0.15, 0.2) is 12.1 Å². The van der Waals surface area contributed by atoms with E-state index in [1.165, 1.54) is 0 Å². The minimum absolute atomic E-state index is 0.653. The highest BCUT2D eigenvalue weighted by atomic mass is 16.5. The van der Waals surface area contributed by atoms with Crippen molar-refractivity contribution in [3.05, 3.63) is 12.1 Å². The van der Waals surface area contributed by atoms with E-state index in [1.54, 1.807) is 0 Å². The van der Waals surface area contributed by atoms with E-state index in [2.05, 4.69) is 33.0 Å². The Balaban J connectivity index is 3.12. The lowest BCUT2D eigenvalue weighted by Gasteiger charge is -2.19. The Morgan fingerprint density at radius 1 is 0.762 bits per heavy atom. The molecule has 0 amide bonds. The zero-order chi connectivity index (χ0) is 15.5. The van der Waals surface area contributed by atoms with Crippen molar-refractivity contribution in [1.29, 1.82) is 0 Å². The normalized spacial score (nSPS) is 10.3. The Kier molecular flexibility index (Phi) is 8.48. The van der Waals surface area contributed by atoms with Gasteiger partial charge in [0.15, 0.2) is 11.5 Å². The largest absolute Gasteiger partial charge is 0.490 e. The fraction of sp³-hybridized carbons (Fsp3) is 0.647. The summed E-state index contributed by atoms with van der Waals surface area (Å²) in [6, 6.07) is 3.95. The van der Waals surface area contributed by atoms with Gasteiger partial charge in [-0.05, 0) is 38.3 Å². The number of hydrogen-bond donors (Lipinski definition) is 1. The van der Waals surface area contributed by atoms with E-state index in [0.29, 0.717) is 19.8 Å². The molecule has 120 valence electrons. The average Bonchev–Trinajstić information content (AvgIpc) is 2.50. The molecule has 0 aromatic heterocycles. The third-order valence-corrected chi connectivity index (χ3v) is 2.81. The lowest BCUT2D eigenvalue weighted by Crippen LogP contribution is -2.08. The van der Waals surface area contributed by atoms with Crippen molar-refractivity contribution >= 4 is 5.69 Å². The van der Waals surface area contributed by atoms with Crippen LogP contribution in [0.3, 0.4) is 0 Å². The second-order valence-corrected chi connectivity index (χ2v) is 4.85. The molecule has 0 bridgehead atoms. The summed E-state index contributed by atoms with van der Waals surface area (Å²) in [5.74, 6) is 2.25. The van der Waals surface area contributed by atoms with E-state index >= 15 is 0 Å². The molecule has 0 atom stereocenters. The SMILES string of the molecule is CCCOc1ccc(NCC)c(OCCC)c1OCCC. The molecule has 4 heteroatoms. The minimum Gasteiger partial charge on any atom is -0.490 e. The standard InChI is InChI=1S/C17H29NO3/c1-5-11-19-15-10-9-14(18-8-4)16(20-12-6-2)17(15)21-13-7-3/h9-10,18H,5-8,11-13H2,1-4H3. The zero-order valence-corrected chi connectivity index (χ0v) is 13.8. The van der Waals surface area contributed by atoms with Gasteiger partial charge < -0.3 is 19.5 Å². The van der Waals surface area contributed by atoms with Crippen molar-refractivity contribution in [3.8, 4) is 17.2 Å². The monoisotopic (exact) mass is 295 g/mol. The molecule has 0 aliphatic heterocycles. The van der Waals surface area contributed by atoms with Gasteiger partial charge in [0.2, 0.25) is 5.75 Å². The molecule has 0 radical (unpaired) electrons. The minimum atomic E-state index is 0.653. The molecular weight excluding hydrogens is 266 g/mol. The molecule has 21 heavy (non-hydrogen) atoms. The van der Waals surface area contributed by atoms with E-state index in [9.17, 15) is 0 Å². The highest BCUT2D eigenvalue weighted by Crippen LogP contribution is 2.43. The van der Waals surface area contributed by atoms with Crippen LogP contribution in [0, 0.1) is 0 Å². The van der Waals surface area contributed by atoms with Crippen molar-refractivity contribution in [1.82, 2.24) is 0 Å². The molecule has 1 aromatic rings. The summed E-state index contributed by atoms with van der Waals surface area (Å²) in [5, 5.41) is 3.32. The maximum absolute atomic E-state index is 5.92. The lowest BCUT2D eigenvalue weighted by molar-refractivity contribution is 0.243. The fourth-order valence-corrected chi connectivity index (χ4v) is 1.89. The number of nitrogens with one attached hydrogen (secondary N) is 1. The van der Waals surface area contributed by atoms with Crippen LogP contribution >= 0.6 is 0 Å². The van der Waals surface area contributed by atoms with E-state index in [-0.39, 0.29) is 0 Å². The van der Waals surface area contributed by atoms with Gasteiger partial charge in [-0.15, -0.1) is 0 Å². The molecule has 0 saturated heterocycles. The molecular formula is C17H29NO3. The first-order chi connectivity index (χ1) is 10.3. The molecule has 1 aromatic carbocycles. The number of ether oxygens (including phenoxy) is 3. The first-order valence-electron chi connectivity index (χ1n) is 8.07. The summed E-state index contributed by atoms with van der Waals surface area (Å²) >= 11 is 0. The van der Waals surface area contributed by atoms with Gasteiger partial charge >= 0.3 is 0 Å². The average molecular weight is 295 g/mol. The quantitative estimate of drug-likeness (QED) is 0.653. The fourth-order valence-electron chi connectivity index (χ4n) is 1.89. The summed E-state index contributed by atoms with van der Waals surface area (Å²) in [6.07, 6.45) is 2.87. The van der Waals surface area contributed by atoms with Crippen LogP contribution in [0.5, 0.6) is 17.2 Å². The van der Waals surface area contributed by atoms with Crippen molar-refractivity contribution < 1.29 is 14.2 Å². The Morgan fingerprint density at radius 3 is 1.90 bits per heavy atom. The first-order valence-corrected chi connectivity index (χ1v) is 8.07. The van der Waals surface area contributed by atoms with Gasteiger partial charge in [0.25, 0.3) is 0 Å². The van der Waals surface area contributed by atoms with Crippen LogP contribution in [0.25, 0.3) is 0 Å². The van der Waals surface area contributed by atoms with E-state index < -0.39 is 0 Å². The van der Waals surface area contributed by atoms with Gasteiger partial charge in [-0.1, -0.05) is 20.8 Å². The maximum Gasteiger partial charge on any atom is 0.205 e. The van der Waals surface area contributed by atoms with Crippen LogP contribution in [0.2, 0.25) is 0 Å². The zero-order valence-electron chi connectivity index (χ0n) is 13.8. The van der Waals surface area contributed by atoms with Gasteiger partial charge in [-0.3, -0.25) is 0 Å². The number of hydrogen-bond acceptors (Lipinski definition) is 4. The molecule has 0 aliphatic carbocycles. The summed E-state index contributed by atoms with van der Waals surface area (Å²) in [6.45, 7) is 11.2. The predicted molar refractivity (Wildman–Crippen MR) is 88.0 cm³/mol. The van der Waals surface area contributed by atoms with Crippen LogP contribution in [0.4, 0.5) is 5.69 Å². The Hall–Kier alpha value is -1.58. The van der Waals surface area contributed by atoms with Gasteiger partial charge in [0.1, 0.15) is 0 Å². The number of rotatable bonds is 11. The van der Waals surface area contributed by atoms with Gasteiger partial charge in [0.05, 0.1) is 25.5 Å². The van der Waals surface area contributed by atoms with Crippen molar-refractivity contribution in [2.24, 2.45) is 0 Å². The van der Waals surface area contributed by atoms with Crippen LogP contribution in [-0.4, -0.2) is 26.4 Å². The molecule has 0 heterocycles. The topological polar surface area (TPSA) is 39.7 Å². The lowest BCUT2D eigenvalue weighted by atomic mass is 10.2. The second-order valence-electron chi connectivity index (χ2n) is 4.85. The number of benzene rings is 1. The van der Waals surface area contributed by atoms with E-state index in [4.69, 9.17) is 14.2 Å². The second kappa shape index (κ2) is 10.2. The Labute approximate surface area is 128 Å². The van der Waals surface area contributed by atoms with Gasteiger partial charge in [-0.2, -0.15) is 0 Å². The molecule has 0 unspecified atom stereocenters. The van der Waals surface area contributed by atoms with Crippen LogP contribution in [0.1, 0.15) is 47.0 Å². The van der Waals surface area contributed by atoms with Crippen molar-refractivity contribution in [2.75, 3.05) is 31.7 Å². The molecule has 4 nitrogen and oxygen atoms in total. The smallest absolute Gasteiger partial charge is 0.205 e. The van der Waals surface area contributed by atoms with E-state index in [1.807, 2.05) is 12.1 Å². The summed E-state index contributed by atoms with van der Waals surface area (Å²) < 4.78 is 17.6. The number of anilines is 1. The molecule has 0 fully saturated rings. The molecule has 0 saturated carbocycles. The highest BCUT2D eigenvalue weighted by Gasteiger charge is 2.17. The third-order valence-electron chi connectivity index (χ3n) is 2.81. The van der Waals surface area contributed by atoms with Crippen LogP contribution < -0.4 is 19.5 Å². The highest BCUT2D eigenvalue weighted by molar-refractivity contribution is 5.68. The predicted octanol–water partition coefficient (Wildman–Crippen LogP) is 4.48.